The van der Waals surface area contributed by atoms with E-state index in [1.807, 2.05) is 18.3 Å². The van der Waals surface area contributed by atoms with Crippen molar-refractivity contribution in [3.05, 3.63) is 47.7 Å². The lowest BCUT2D eigenvalue weighted by Gasteiger charge is -2.04. The normalized spacial score (nSPS) is 11.5. The van der Waals surface area contributed by atoms with Gasteiger partial charge in [0.15, 0.2) is 5.78 Å². The summed E-state index contributed by atoms with van der Waals surface area (Å²) in [7, 11) is 0. The van der Waals surface area contributed by atoms with Crippen molar-refractivity contribution < 1.29 is 4.79 Å². The van der Waals surface area contributed by atoms with Gasteiger partial charge >= 0.3 is 0 Å². The van der Waals surface area contributed by atoms with Crippen LogP contribution in [0, 0.1) is 0 Å². The quantitative estimate of drug-likeness (QED) is 0.0549. The molecule has 41 heavy (non-hydrogen) atoms. The van der Waals surface area contributed by atoms with Crippen LogP contribution < -0.4 is 5.32 Å². The Balaban J connectivity index is 1.91. The third-order valence-corrected chi connectivity index (χ3v) is 8.58. The number of unbranched alkanes of at least 4 members (excludes halogenated alkanes) is 24. The Bertz CT molecular complexity index is 707. The summed E-state index contributed by atoms with van der Waals surface area (Å²) in [6.07, 6.45) is 40.7. The Labute approximate surface area is 256 Å². The topological polar surface area (TPSA) is 29.1 Å². The molecule has 236 valence electrons. The molecule has 2 heteroatoms. The minimum atomic E-state index is 0.0926. The Morgan fingerprint density at radius 3 is 1.29 bits per heavy atom. The van der Waals surface area contributed by atoms with Crippen LogP contribution in [-0.4, -0.2) is 12.3 Å². The van der Waals surface area contributed by atoms with E-state index in [9.17, 15) is 4.79 Å². The fourth-order valence-electron chi connectivity index (χ4n) is 5.74. The first-order valence-electron chi connectivity index (χ1n) is 18.3. The molecule has 1 aromatic rings. The van der Waals surface area contributed by atoms with E-state index in [1.54, 1.807) is 6.08 Å². The molecule has 0 fully saturated rings. The first-order valence-corrected chi connectivity index (χ1v) is 18.3. The molecule has 0 heterocycles. The van der Waals surface area contributed by atoms with Gasteiger partial charge in [-0.1, -0.05) is 192 Å². The molecule has 0 saturated heterocycles. The number of hydrogen-bond donors (Lipinski definition) is 1. The lowest BCUT2D eigenvalue weighted by atomic mass is 10.0. The van der Waals surface area contributed by atoms with Crippen molar-refractivity contribution in [2.45, 2.75) is 187 Å². The molecule has 0 atom stereocenters. The molecule has 0 bridgehead atoms. The molecule has 0 amide bonds. The summed E-state index contributed by atoms with van der Waals surface area (Å²) in [5, 5.41) is 3.31. The SMILES string of the molecule is CCCCCCCCCCCCCCCCCCNC=CC(=O)c1ccc(CCCCCCCCCCCC)cc1. The number of hydrogen-bond acceptors (Lipinski definition) is 2. The Hall–Kier alpha value is -1.57. The fraction of sp³-hybridized carbons (Fsp3) is 0.769. The number of nitrogens with one attached hydrogen (secondary N) is 1. The molecular weight excluding hydrogens is 498 g/mol. The number of ketones is 1. The van der Waals surface area contributed by atoms with Gasteiger partial charge in [-0.2, -0.15) is 0 Å². The third kappa shape index (κ3) is 24.7. The van der Waals surface area contributed by atoms with Gasteiger partial charge in [0.25, 0.3) is 0 Å². The molecule has 0 unspecified atom stereocenters. The van der Waals surface area contributed by atoms with Gasteiger partial charge in [-0.15, -0.1) is 0 Å². The predicted octanol–water partition coefficient (Wildman–Crippen LogP) is 12.7. The highest BCUT2D eigenvalue weighted by Crippen LogP contribution is 2.15. The Kier molecular flexibility index (Phi) is 27.3. The summed E-state index contributed by atoms with van der Waals surface area (Å²) in [6, 6.07) is 8.26. The molecule has 0 aliphatic heterocycles. The molecule has 0 saturated carbocycles. The van der Waals surface area contributed by atoms with Gasteiger partial charge in [-0.05, 0) is 24.8 Å². The number of carbonyl (C=O) groups is 1. The van der Waals surface area contributed by atoms with Crippen molar-refractivity contribution in [3.63, 3.8) is 0 Å². The average molecular weight is 568 g/mol. The van der Waals surface area contributed by atoms with Crippen LogP contribution in [0.25, 0.3) is 0 Å². The van der Waals surface area contributed by atoms with Gasteiger partial charge in [0.05, 0.1) is 0 Å². The molecule has 0 radical (unpaired) electrons. The van der Waals surface area contributed by atoms with Crippen LogP contribution in [0.2, 0.25) is 0 Å². The van der Waals surface area contributed by atoms with Gasteiger partial charge in [0.1, 0.15) is 0 Å². The molecule has 1 aromatic carbocycles. The van der Waals surface area contributed by atoms with Gasteiger partial charge in [-0.3, -0.25) is 4.79 Å². The van der Waals surface area contributed by atoms with E-state index >= 15 is 0 Å². The van der Waals surface area contributed by atoms with Crippen molar-refractivity contribution in [2.24, 2.45) is 0 Å². The lowest BCUT2D eigenvalue weighted by Crippen LogP contribution is -2.08. The Morgan fingerprint density at radius 2 is 0.878 bits per heavy atom. The first-order chi connectivity index (χ1) is 20.3. The zero-order valence-corrected chi connectivity index (χ0v) is 27.7. The standard InChI is InChI=1S/C39H69NO/c1-3-5-7-9-11-13-15-16-17-18-19-20-22-24-26-28-35-40-36-34-39(41)38-32-30-37(31-33-38)29-27-25-23-21-14-12-10-8-6-4-2/h30-34,36,40H,3-29,35H2,1-2H3. The zero-order chi connectivity index (χ0) is 29.5. The maximum absolute atomic E-state index is 12.5. The largest absolute Gasteiger partial charge is 0.391 e. The molecule has 0 spiro atoms. The summed E-state index contributed by atoms with van der Waals surface area (Å²) in [5.74, 6) is 0.0926. The number of aryl methyl sites for hydroxylation is 1. The summed E-state index contributed by atoms with van der Waals surface area (Å²) >= 11 is 0. The van der Waals surface area contributed by atoms with Gasteiger partial charge in [-0.25, -0.2) is 0 Å². The van der Waals surface area contributed by atoms with E-state index < -0.39 is 0 Å². The summed E-state index contributed by atoms with van der Waals surface area (Å²) in [6.45, 7) is 5.53. The van der Waals surface area contributed by atoms with Crippen LogP contribution in [0.15, 0.2) is 36.5 Å². The van der Waals surface area contributed by atoms with Crippen molar-refractivity contribution in [1.29, 1.82) is 0 Å². The number of rotatable bonds is 31. The highest BCUT2D eigenvalue weighted by molar-refractivity contribution is 6.04. The molecule has 0 aliphatic rings. The van der Waals surface area contributed by atoms with E-state index in [2.05, 4.69) is 31.3 Å². The van der Waals surface area contributed by atoms with Crippen molar-refractivity contribution in [3.8, 4) is 0 Å². The van der Waals surface area contributed by atoms with E-state index in [4.69, 9.17) is 0 Å². The van der Waals surface area contributed by atoms with Crippen molar-refractivity contribution in [1.82, 2.24) is 5.32 Å². The highest BCUT2D eigenvalue weighted by atomic mass is 16.1. The molecular formula is C39H69NO. The maximum Gasteiger partial charge on any atom is 0.187 e. The minimum Gasteiger partial charge on any atom is -0.391 e. The van der Waals surface area contributed by atoms with E-state index in [1.165, 1.54) is 173 Å². The highest BCUT2D eigenvalue weighted by Gasteiger charge is 2.02. The second-order valence-electron chi connectivity index (χ2n) is 12.6. The number of carbonyl (C=O) groups excluding carboxylic acids is 1. The second-order valence-corrected chi connectivity index (χ2v) is 12.6. The average Bonchev–Trinajstić information content (AvgIpc) is 2.99. The Morgan fingerprint density at radius 1 is 0.512 bits per heavy atom. The molecule has 0 aromatic heterocycles. The summed E-state index contributed by atoms with van der Waals surface area (Å²) in [5.41, 5.74) is 2.14. The number of allylic oxidation sites excluding steroid dienone is 1. The zero-order valence-electron chi connectivity index (χ0n) is 27.7. The summed E-state index contributed by atoms with van der Waals surface area (Å²) < 4.78 is 0. The van der Waals surface area contributed by atoms with Crippen LogP contribution in [0.5, 0.6) is 0 Å². The fourth-order valence-corrected chi connectivity index (χ4v) is 5.74. The molecule has 2 nitrogen and oxygen atoms in total. The van der Waals surface area contributed by atoms with E-state index in [-0.39, 0.29) is 5.78 Å². The van der Waals surface area contributed by atoms with Crippen LogP contribution in [0.1, 0.15) is 197 Å². The van der Waals surface area contributed by atoms with Gasteiger partial charge in [0.2, 0.25) is 0 Å². The van der Waals surface area contributed by atoms with Crippen molar-refractivity contribution >= 4 is 5.78 Å². The van der Waals surface area contributed by atoms with E-state index in [0.717, 1.165) is 18.5 Å². The minimum absolute atomic E-state index is 0.0926. The number of benzene rings is 1. The second kappa shape index (κ2) is 29.9. The molecule has 1 rings (SSSR count). The molecule has 0 aliphatic carbocycles. The van der Waals surface area contributed by atoms with Crippen LogP contribution in [-0.2, 0) is 6.42 Å². The van der Waals surface area contributed by atoms with E-state index in [0.29, 0.717) is 0 Å². The lowest BCUT2D eigenvalue weighted by molar-refractivity contribution is 0.104. The van der Waals surface area contributed by atoms with Gasteiger partial charge in [0, 0.05) is 24.4 Å². The summed E-state index contributed by atoms with van der Waals surface area (Å²) in [4.78, 5) is 12.5. The van der Waals surface area contributed by atoms with Crippen molar-refractivity contribution in [2.75, 3.05) is 6.54 Å². The monoisotopic (exact) mass is 568 g/mol. The predicted molar refractivity (Wildman–Crippen MR) is 183 cm³/mol. The molecule has 1 N–H and O–H groups in total. The van der Waals surface area contributed by atoms with Crippen LogP contribution in [0.3, 0.4) is 0 Å². The van der Waals surface area contributed by atoms with Crippen LogP contribution >= 0.6 is 0 Å². The smallest absolute Gasteiger partial charge is 0.187 e. The van der Waals surface area contributed by atoms with Gasteiger partial charge < -0.3 is 5.32 Å². The first kappa shape index (κ1) is 37.5. The van der Waals surface area contributed by atoms with Crippen LogP contribution in [0.4, 0.5) is 0 Å². The maximum atomic E-state index is 12.5. The third-order valence-electron chi connectivity index (χ3n) is 8.58.